The molecule has 112 valence electrons. The molecule has 0 aliphatic carbocycles. The second-order valence-electron chi connectivity index (χ2n) is 4.33. The average molecular weight is 312 g/mol. The summed E-state index contributed by atoms with van der Waals surface area (Å²) in [5.41, 5.74) is -0.0872. The van der Waals surface area contributed by atoms with Gasteiger partial charge in [-0.2, -0.15) is 0 Å². The van der Waals surface area contributed by atoms with E-state index in [1.807, 2.05) is 0 Å². The topological polar surface area (TPSA) is 120 Å². The van der Waals surface area contributed by atoms with Gasteiger partial charge in [0.15, 0.2) is 5.69 Å². The van der Waals surface area contributed by atoms with Gasteiger partial charge in [-0.1, -0.05) is 0 Å². The second kappa shape index (κ2) is 5.87. The Morgan fingerprint density at radius 1 is 1.48 bits per heavy atom. The first-order valence-electron chi connectivity index (χ1n) is 5.88. The summed E-state index contributed by atoms with van der Waals surface area (Å²) in [4.78, 5) is 51.3. The molecule has 1 aromatic rings. The summed E-state index contributed by atoms with van der Waals surface area (Å²) in [6.07, 6.45) is 0. The molecule has 0 bridgehead atoms. The number of aromatic nitrogens is 1. The molecule has 1 aliphatic rings. The molecule has 2 rings (SSSR count). The first-order chi connectivity index (χ1) is 9.88. The lowest BCUT2D eigenvalue weighted by molar-refractivity contribution is -0.130. The third-order valence-electron chi connectivity index (χ3n) is 2.74. The number of imide groups is 1. The predicted octanol–water partition coefficient (Wildman–Crippen LogP) is -0.649. The second-order valence-corrected chi connectivity index (χ2v) is 5.27. The number of carboxylic acids is 1. The van der Waals surface area contributed by atoms with Crippen LogP contribution in [-0.2, 0) is 16.1 Å². The van der Waals surface area contributed by atoms with E-state index in [9.17, 15) is 19.2 Å². The van der Waals surface area contributed by atoms with Gasteiger partial charge in [0, 0.05) is 12.4 Å². The van der Waals surface area contributed by atoms with Crippen molar-refractivity contribution in [2.45, 2.75) is 6.54 Å². The first kappa shape index (κ1) is 14.9. The summed E-state index contributed by atoms with van der Waals surface area (Å²) in [6.45, 7) is -0.359. The van der Waals surface area contributed by atoms with Crippen LogP contribution in [0.4, 0.5) is 4.79 Å². The number of hydrogen-bond acceptors (Lipinski definition) is 6. The Morgan fingerprint density at radius 2 is 2.19 bits per heavy atom. The van der Waals surface area contributed by atoms with Crippen LogP contribution < -0.4 is 5.32 Å². The molecule has 21 heavy (non-hydrogen) atoms. The monoisotopic (exact) mass is 312 g/mol. The van der Waals surface area contributed by atoms with Gasteiger partial charge in [-0.25, -0.2) is 14.6 Å². The van der Waals surface area contributed by atoms with Crippen molar-refractivity contribution in [1.29, 1.82) is 0 Å². The van der Waals surface area contributed by atoms with Crippen molar-refractivity contribution in [3.05, 3.63) is 16.1 Å². The maximum Gasteiger partial charge on any atom is 0.355 e. The van der Waals surface area contributed by atoms with E-state index in [0.29, 0.717) is 5.01 Å². The molecule has 2 heterocycles. The molecule has 0 atom stereocenters. The van der Waals surface area contributed by atoms with Crippen LogP contribution in [0, 0.1) is 0 Å². The number of carbonyl (C=O) groups is 4. The maximum atomic E-state index is 11.7. The third-order valence-corrected chi connectivity index (χ3v) is 3.59. The smallest absolute Gasteiger partial charge is 0.355 e. The van der Waals surface area contributed by atoms with E-state index in [4.69, 9.17) is 5.11 Å². The molecule has 0 saturated carbocycles. The molecule has 9 nitrogen and oxygen atoms in total. The molecule has 0 unspecified atom stereocenters. The third kappa shape index (κ3) is 3.34. The van der Waals surface area contributed by atoms with Gasteiger partial charge < -0.3 is 15.3 Å². The van der Waals surface area contributed by atoms with Crippen molar-refractivity contribution in [2.24, 2.45) is 0 Å². The molecule has 1 aromatic heterocycles. The number of nitrogens with zero attached hydrogens (tertiary/aromatic N) is 3. The van der Waals surface area contributed by atoms with Crippen LogP contribution >= 0.6 is 11.3 Å². The van der Waals surface area contributed by atoms with E-state index >= 15 is 0 Å². The van der Waals surface area contributed by atoms with Crippen LogP contribution in [0.2, 0.25) is 0 Å². The molecule has 10 heteroatoms. The normalized spacial score (nSPS) is 14.7. The molecule has 2 N–H and O–H groups in total. The molecule has 0 spiro atoms. The molecule has 0 radical (unpaired) electrons. The van der Waals surface area contributed by atoms with Crippen LogP contribution in [0.15, 0.2) is 5.38 Å². The highest BCUT2D eigenvalue weighted by Crippen LogP contribution is 2.10. The van der Waals surface area contributed by atoms with Gasteiger partial charge in [0.1, 0.15) is 18.1 Å². The zero-order chi connectivity index (χ0) is 15.6. The quantitative estimate of drug-likeness (QED) is 0.697. The van der Waals surface area contributed by atoms with E-state index in [2.05, 4.69) is 10.3 Å². The predicted molar refractivity (Wildman–Crippen MR) is 70.7 cm³/mol. The number of aromatic carboxylic acids is 1. The first-order valence-corrected chi connectivity index (χ1v) is 6.76. The molecular weight excluding hydrogens is 300 g/mol. The van der Waals surface area contributed by atoms with Gasteiger partial charge in [0.25, 0.3) is 5.91 Å². The van der Waals surface area contributed by atoms with Gasteiger partial charge >= 0.3 is 12.0 Å². The van der Waals surface area contributed by atoms with Crippen molar-refractivity contribution < 1.29 is 24.3 Å². The van der Waals surface area contributed by atoms with Crippen molar-refractivity contribution in [2.75, 3.05) is 20.1 Å². The molecule has 1 fully saturated rings. The summed E-state index contributed by atoms with van der Waals surface area (Å²) < 4.78 is 0. The largest absolute Gasteiger partial charge is 0.476 e. The molecule has 4 amide bonds. The number of likely N-dealkylation sites (N-methyl/N-ethyl adjacent to an activating group) is 1. The lowest BCUT2D eigenvalue weighted by Crippen LogP contribution is -2.40. The van der Waals surface area contributed by atoms with E-state index in [1.165, 1.54) is 17.3 Å². The summed E-state index contributed by atoms with van der Waals surface area (Å²) in [6, 6.07) is -0.516. The zero-order valence-electron chi connectivity index (χ0n) is 11.0. The Kier molecular flexibility index (Phi) is 4.17. The number of rotatable bonds is 5. The Morgan fingerprint density at radius 3 is 2.71 bits per heavy atom. The Labute approximate surface area is 123 Å². The van der Waals surface area contributed by atoms with Gasteiger partial charge in [-0.15, -0.1) is 11.3 Å². The highest BCUT2D eigenvalue weighted by atomic mass is 32.1. The fourth-order valence-electron chi connectivity index (χ4n) is 1.69. The lowest BCUT2D eigenvalue weighted by Gasteiger charge is -2.13. The standard InChI is InChI=1S/C11H12N4O5S/c1-14-4-9(17)15(11(14)20)3-7(16)12-2-8-13-6(5-21-8)10(18)19/h5H,2-4H2,1H3,(H,12,16)(H,18,19). The maximum absolute atomic E-state index is 11.7. The summed E-state index contributed by atoms with van der Waals surface area (Å²) in [7, 11) is 1.47. The van der Waals surface area contributed by atoms with Gasteiger partial charge in [-0.05, 0) is 0 Å². The minimum absolute atomic E-state index is 0.0411. The van der Waals surface area contributed by atoms with Crippen molar-refractivity contribution in [3.8, 4) is 0 Å². The van der Waals surface area contributed by atoms with E-state index < -0.39 is 23.8 Å². The fourth-order valence-corrected chi connectivity index (χ4v) is 2.40. The molecule has 1 aliphatic heterocycles. The van der Waals surface area contributed by atoms with Crippen LogP contribution in [0.3, 0.4) is 0 Å². The number of hydrogen-bond donors (Lipinski definition) is 2. The number of nitrogens with one attached hydrogen (secondary N) is 1. The Hall–Kier alpha value is -2.49. The minimum atomic E-state index is -1.14. The number of carboxylic acid groups (broad SMARTS) is 1. The summed E-state index contributed by atoms with van der Waals surface area (Å²) in [5.74, 6) is -2.08. The van der Waals surface area contributed by atoms with Gasteiger partial charge in [-0.3, -0.25) is 14.5 Å². The number of urea groups is 1. The number of amides is 4. The Balaban J connectivity index is 1.86. The zero-order valence-corrected chi connectivity index (χ0v) is 11.8. The fraction of sp³-hybridized carbons (Fsp3) is 0.364. The molecule has 0 aromatic carbocycles. The highest BCUT2D eigenvalue weighted by Gasteiger charge is 2.34. The number of thiazole rings is 1. The molecule has 1 saturated heterocycles. The van der Waals surface area contributed by atoms with Crippen LogP contribution in [0.1, 0.15) is 15.5 Å². The van der Waals surface area contributed by atoms with E-state index in [0.717, 1.165) is 16.2 Å². The van der Waals surface area contributed by atoms with Crippen LogP contribution in [0.5, 0.6) is 0 Å². The molecular formula is C11H12N4O5S. The summed E-state index contributed by atoms with van der Waals surface area (Å²) >= 11 is 1.10. The van der Waals surface area contributed by atoms with Crippen LogP contribution in [0.25, 0.3) is 0 Å². The Bertz CT molecular complexity index is 614. The summed E-state index contributed by atoms with van der Waals surface area (Å²) in [5, 5.41) is 13.0. The van der Waals surface area contributed by atoms with Crippen molar-refractivity contribution in [1.82, 2.24) is 20.1 Å². The van der Waals surface area contributed by atoms with E-state index in [-0.39, 0.29) is 25.3 Å². The van der Waals surface area contributed by atoms with Gasteiger partial charge in [0.05, 0.1) is 6.54 Å². The minimum Gasteiger partial charge on any atom is -0.476 e. The van der Waals surface area contributed by atoms with Crippen LogP contribution in [-0.4, -0.2) is 63.8 Å². The van der Waals surface area contributed by atoms with E-state index in [1.54, 1.807) is 0 Å². The highest BCUT2D eigenvalue weighted by molar-refractivity contribution is 7.09. The van der Waals surface area contributed by atoms with Crippen molar-refractivity contribution >= 4 is 35.2 Å². The SMILES string of the molecule is CN1CC(=O)N(CC(=O)NCc2nc(C(=O)O)cs2)C1=O. The lowest BCUT2D eigenvalue weighted by atomic mass is 10.4. The van der Waals surface area contributed by atoms with Crippen molar-refractivity contribution in [3.63, 3.8) is 0 Å². The average Bonchev–Trinajstić information content (AvgIpc) is 2.98. The number of carbonyl (C=O) groups excluding carboxylic acids is 3. The van der Waals surface area contributed by atoms with Gasteiger partial charge in [0.2, 0.25) is 5.91 Å².